The molecule has 1 aromatic rings. The summed E-state index contributed by atoms with van der Waals surface area (Å²) in [5, 5.41) is 14.2. The molecule has 2 rings (SSSR count). The van der Waals surface area contributed by atoms with Crippen molar-refractivity contribution in [3.63, 3.8) is 0 Å². The molecule has 0 bridgehead atoms. The molecule has 1 N–H and O–H groups in total. The van der Waals surface area contributed by atoms with Gasteiger partial charge in [-0.1, -0.05) is 17.7 Å². The number of hydrogen-bond donors (Lipinski definition) is 1. The summed E-state index contributed by atoms with van der Waals surface area (Å²) in [5.41, 5.74) is 0.905. The molecule has 1 aliphatic rings. The Kier molecular flexibility index (Phi) is 2.39. The Labute approximate surface area is 86.0 Å². The molecule has 5 heteroatoms. The van der Waals surface area contributed by atoms with E-state index in [0.29, 0.717) is 5.02 Å². The van der Waals surface area contributed by atoms with Gasteiger partial charge in [-0.15, -0.1) is 0 Å². The monoisotopic (exact) mass is 212 g/mol. The van der Waals surface area contributed by atoms with E-state index < -0.39 is 0 Å². The van der Waals surface area contributed by atoms with Gasteiger partial charge in [0.1, 0.15) is 0 Å². The molecule has 1 saturated heterocycles. The molecule has 0 aliphatic carbocycles. The maximum atomic E-state index is 10.7. The fourth-order valence-corrected chi connectivity index (χ4v) is 1.70. The average Bonchev–Trinajstić information content (AvgIpc) is 2.04. The number of benzene rings is 1. The first-order chi connectivity index (χ1) is 6.68. The Bertz CT molecular complexity index is 377. The van der Waals surface area contributed by atoms with Gasteiger partial charge in [-0.05, 0) is 6.07 Å². The topological polar surface area (TPSA) is 55.2 Å². The second-order valence-corrected chi connectivity index (χ2v) is 3.75. The molecule has 0 spiro atoms. The zero-order valence-corrected chi connectivity index (χ0v) is 8.12. The number of nitro benzene ring substituents is 1. The second kappa shape index (κ2) is 3.55. The van der Waals surface area contributed by atoms with Gasteiger partial charge in [0.25, 0.3) is 5.69 Å². The van der Waals surface area contributed by atoms with Crippen LogP contribution in [0.1, 0.15) is 11.5 Å². The van der Waals surface area contributed by atoms with Crippen molar-refractivity contribution >= 4 is 17.3 Å². The van der Waals surface area contributed by atoms with Crippen molar-refractivity contribution in [2.75, 3.05) is 13.1 Å². The maximum absolute atomic E-state index is 10.7. The quantitative estimate of drug-likeness (QED) is 0.602. The van der Waals surface area contributed by atoms with E-state index in [2.05, 4.69) is 5.32 Å². The fourth-order valence-electron chi connectivity index (χ4n) is 1.53. The Morgan fingerprint density at radius 2 is 2.21 bits per heavy atom. The number of nitrogens with one attached hydrogen (secondary N) is 1. The van der Waals surface area contributed by atoms with Gasteiger partial charge in [0.05, 0.1) is 4.92 Å². The normalized spacial score (nSPS) is 16.4. The van der Waals surface area contributed by atoms with Crippen LogP contribution in [0.2, 0.25) is 5.02 Å². The lowest BCUT2D eigenvalue weighted by molar-refractivity contribution is -0.385. The third-order valence-corrected chi connectivity index (χ3v) is 2.65. The highest BCUT2D eigenvalue weighted by Crippen LogP contribution is 2.31. The van der Waals surface area contributed by atoms with Crippen molar-refractivity contribution in [1.29, 1.82) is 0 Å². The summed E-state index contributed by atoms with van der Waals surface area (Å²) in [6.07, 6.45) is 0. The van der Waals surface area contributed by atoms with E-state index in [0.717, 1.165) is 18.7 Å². The van der Waals surface area contributed by atoms with Crippen molar-refractivity contribution < 1.29 is 4.92 Å². The fraction of sp³-hybridized carbons (Fsp3) is 0.333. The standard InChI is InChI=1S/C9H9ClN2O2/c10-7-1-2-8(6-4-11-5-6)9(3-7)12(13)14/h1-3,6,11H,4-5H2. The van der Waals surface area contributed by atoms with E-state index in [1.807, 2.05) is 0 Å². The Morgan fingerprint density at radius 1 is 1.50 bits per heavy atom. The van der Waals surface area contributed by atoms with E-state index in [9.17, 15) is 10.1 Å². The summed E-state index contributed by atoms with van der Waals surface area (Å²) in [6.45, 7) is 1.62. The number of halogens is 1. The molecule has 74 valence electrons. The minimum Gasteiger partial charge on any atom is -0.315 e. The van der Waals surface area contributed by atoms with Gasteiger partial charge in [-0.3, -0.25) is 10.1 Å². The first-order valence-electron chi connectivity index (χ1n) is 4.33. The lowest BCUT2D eigenvalue weighted by Gasteiger charge is -2.27. The predicted molar refractivity (Wildman–Crippen MR) is 53.7 cm³/mol. The van der Waals surface area contributed by atoms with Gasteiger partial charge >= 0.3 is 0 Å². The van der Waals surface area contributed by atoms with Crippen molar-refractivity contribution in [3.8, 4) is 0 Å². The van der Waals surface area contributed by atoms with Crippen LogP contribution in [0.4, 0.5) is 5.69 Å². The van der Waals surface area contributed by atoms with Crippen molar-refractivity contribution in [3.05, 3.63) is 38.9 Å². The van der Waals surface area contributed by atoms with Gasteiger partial charge in [0.15, 0.2) is 0 Å². The maximum Gasteiger partial charge on any atom is 0.274 e. The molecule has 14 heavy (non-hydrogen) atoms. The Morgan fingerprint density at radius 3 is 2.71 bits per heavy atom. The molecule has 1 aromatic carbocycles. The van der Waals surface area contributed by atoms with Gasteiger partial charge < -0.3 is 5.32 Å². The minimum atomic E-state index is -0.375. The third-order valence-electron chi connectivity index (χ3n) is 2.41. The summed E-state index contributed by atoms with van der Waals surface area (Å²) < 4.78 is 0. The van der Waals surface area contributed by atoms with Crippen LogP contribution in [-0.2, 0) is 0 Å². The molecule has 1 aliphatic heterocycles. The highest BCUT2D eigenvalue weighted by Gasteiger charge is 2.26. The van der Waals surface area contributed by atoms with E-state index in [1.165, 1.54) is 6.07 Å². The molecule has 0 unspecified atom stereocenters. The highest BCUT2D eigenvalue weighted by molar-refractivity contribution is 6.30. The van der Waals surface area contributed by atoms with Crippen LogP contribution >= 0.6 is 11.6 Å². The number of rotatable bonds is 2. The molecule has 1 fully saturated rings. The zero-order chi connectivity index (χ0) is 10.1. The lowest BCUT2D eigenvalue weighted by Crippen LogP contribution is -2.40. The van der Waals surface area contributed by atoms with Crippen LogP contribution in [0.5, 0.6) is 0 Å². The first kappa shape index (κ1) is 9.43. The van der Waals surface area contributed by atoms with E-state index >= 15 is 0 Å². The SMILES string of the molecule is O=[N+]([O-])c1cc(Cl)ccc1C1CNC1. The molecule has 0 atom stereocenters. The van der Waals surface area contributed by atoms with Gasteiger partial charge in [0.2, 0.25) is 0 Å². The molecule has 0 amide bonds. The molecule has 4 nitrogen and oxygen atoms in total. The second-order valence-electron chi connectivity index (χ2n) is 3.32. The van der Waals surface area contributed by atoms with Crippen LogP contribution in [0.15, 0.2) is 18.2 Å². The van der Waals surface area contributed by atoms with Crippen molar-refractivity contribution in [2.45, 2.75) is 5.92 Å². The summed E-state index contributed by atoms with van der Waals surface area (Å²) in [6, 6.07) is 4.85. The van der Waals surface area contributed by atoms with E-state index in [1.54, 1.807) is 12.1 Å². The number of nitro groups is 1. The first-order valence-corrected chi connectivity index (χ1v) is 4.71. The Hall–Kier alpha value is -1.13. The lowest BCUT2D eigenvalue weighted by atomic mass is 9.92. The van der Waals surface area contributed by atoms with Crippen LogP contribution < -0.4 is 5.32 Å². The summed E-state index contributed by atoms with van der Waals surface area (Å²) in [7, 11) is 0. The van der Waals surface area contributed by atoms with Crippen LogP contribution in [0.25, 0.3) is 0 Å². The zero-order valence-electron chi connectivity index (χ0n) is 7.37. The molecule has 0 aromatic heterocycles. The van der Waals surface area contributed by atoms with Gasteiger partial charge in [-0.25, -0.2) is 0 Å². The largest absolute Gasteiger partial charge is 0.315 e. The molecular formula is C9H9ClN2O2. The number of nitrogens with zero attached hydrogens (tertiary/aromatic N) is 1. The highest BCUT2D eigenvalue weighted by atomic mass is 35.5. The molecule has 0 saturated carbocycles. The molecule has 0 radical (unpaired) electrons. The number of hydrogen-bond acceptors (Lipinski definition) is 3. The smallest absolute Gasteiger partial charge is 0.274 e. The van der Waals surface area contributed by atoms with E-state index in [4.69, 9.17) is 11.6 Å². The molecular weight excluding hydrogens is 204 g/mol. The van der Waals surface area contributed by atoms with Gasteiger partial charge in [0, 0.05) is 35.7 Å². The molecule has 1 heterocycles. The van der Waals surface area contributed by atoms with Crippen molar-refractivity contribution in [2.24, 2.45) is 0 Å². The van der Waals surface area contributed by atoms with Crippen LogP contribution in [0, 0.1) is 10.1 Å². The summed E-state index contributed by atoms with van der Waals surface area (Å²) in [4.78, 5) is 10.4. The Balaban J connectivity index is 2.41. The van der Waals surface area contributed by atoms with Crippen molar-refractivity contribution in [1.82, 2.24) is 5.32 Å². The minimum absolute atomic E-state index is 0.129. The van der Waals surface area contributed by atoms with Gasteiger partial charge in [-0.2, -0.15) is 0 Å². The predicted octanol–water partition coefficient (Wildman–Crippen LogP) is 1.93. The summed E-state index contributed by atoms with van der Waals surface area (Å²) >= 11 is 5.71. The average molecular weight is 213 g/mol. The van der Waals surface area contributed by atoms with Crippen LogP contribution in [-0.4, -0.2) is 18.0 Å². The third kappa shape index (κ3) is 1.58. The summed E-state index contributed by atoms with van der Waals surface area (Å²) in [5.74, 6) is 0.257. The van der Waals surface area contributed by atoms with Crippen LogP contribution in [0.3, 0.4) is 0 Å². The van der Waals surface area contributed by atoms with E-state index in [-0.39, 0.29) is 16.5 Å².